The van der Waals surface area contributed by atoms with Crippen molar-refractivity contribution in [1.29, 1.82) is 0 Å². The van der Waals surface area contributed by atoms with Crippen LogP contribution in [0.5, 0.6) is 11.5 Å². The number of carbonyl (C=O) groups is 1. The highest BCUT2D eigenvalue weighted by atomic mass is 32.1. The molecule has 3 heterocycles. The molecule has 1 aliphatic rings. The van der Waals surface area contributed by atoms with E-state index in [2.05, 4.69) is 10.3 Å². The molecule has 1 aliphatic heterocycles. The molecule has 0 aliphatic carbocycles. The number of nitro groups is 1. The number of methoxy groups -OCH3 is 1. The number of nitro benzene ring substituents is 1. The fourth-order valence-electron chi connectivity index (χ4n) is 5.26. The zero-order valence-electron chi connectivity index (χ0n) is 25.1. The van der Waals surface area contributed by atoms with E-state index in [1.165, 1.54) is 17.7 Å². The zero-order valence-corrected chi connectivity index (χ0v) is 25.9. The maximum absolute atomic E-state index is 14.1. The van der Waals surface area contributed by atoms with Crippen molar-refractivity contribution < 1.29 is 23.6 Å². The van der Waals surface area contributed by atoms with Crippen LogP contribution in [0.25, 0.3) is 17.4 Å². The van der Waals surface area contributed by atoms with E-state index in [0.717, 1.165) is 11.3 Å². The largest absolute Gasteiger partial charge is 0.497 e. The van der Waals surface area contributed by atoms with Crippen LogP contribution < -0.4 is 29.7 Å². The van der Waals surface area contributed by atoms with Gasteiger partial charge in [0.25, 0.3) is 17.2 Å². The van der Waals surface area contributed by atoms with Crippen LogP contribution in [0.2, 0.25) is 0 Å². The Morgan fingerprint density at radius 1 is 1.09 bits per heavy atom. The van der Waals surface area contributed by atoms with E-state index in [9.17, 15) is 19.7 Å². The summed E-state index contributed by atoms with van der Waals surface area (Å²) in [7, 11) is 1.43. The van der Waals surface area contributed by atoms with Gasteiger partial charge in [-0.25, -0.2) is 4.99 Å². The van der Waals surface area contributed by atoms with Crippen molar-refractivity contribution in [3.05, 3.63) is 137 Å². The Morgan fingerprint density at radius 3 is 2.52 bits per heavy atom. The maximum Gasteiger partial charge on any atom is 0.284 e. The predicted octanol–water partition coefficient (Wildman–Crippen LogP) is 5.45. The van der Waals surface area contributed by atoms with Gasteiger partial charge in [0.15, 0.2) is 4.80 Å². The molecule has 1 amide bonds. The highest BCUT2D eigenvalue weighted by Crippen LogP contribution is 2.35. The molecule has 3 aromatic carbocycles. The highest BCUT2D eigenvalue weighted by molar-refractivity contribution is 7.07. The van der Waals surface area contributed by atoms with E-state index >= 15 is 0 Å². The molecule has 12 heteroatoms. The van der Waals surface area contributed by atoms with E-state index in [-0.39, 0.29) is 28.5 Å². The first-order valence-electron chi connectivity index (χ1n) is 14.3. The average Bonchev–Trinajstić information content (AvgIpc) is 3.64. The third-order valence-corrected chi connectivity index (χ3v) is 8.35. The fraction of sp³-hybridized carbons (Fsp3) is 0.147. The van der Waals surface area contributed by atoms with Crippen LogP contribution >= 0.6 is 11.3 Å². The normalized spacial score (nSPS) is 14.4. The van der Waals surface area contributed by atoms with Gasteiger partial charge in [-0.2, -0.15) is 0 Å². The number of hydrogen-bond donors (Lipinski definition) is 1. The molecule has 0 bridgehead atoms. The second kappa shape index (κ2) is 12.7. The zero-order chi connectivity index (χ0) is 32.4. The Labute approximate surface area is 266 Å². The van der Waals surface area contributed by atoms with Gasteiger partial charge < -0.3 is 19.2 Å². The summed E-state index contributed by atoms with van der Waals surface area (Å²) in [5.74, 6) is 1.22. The lowest BCUT2D eigenvalue weighted by atomic mass is 9.95. The molecule has 11 nitrogen and oxygen atoms in total. The van der Waals surface area contributed by atoms with E-state index in [0.29, 0.717) is 55.7 Å². The lowest BCUT2D eigenvalue weighted by Gasteiger charge is -2.25. The number of para-hydroxylation sites is 1. The van der Waals surface area contributed by atoms with Crippen molar-refractivity contribution in [3.63, 3.8) is 0 Å². The SMILES string of the molecule is CCOc1ccc([C@@H]2C(C(=O)Nc3ccccc3)=C(C)N=c3s/c(=C\c4ccc(-c5ccc(OC)cc5[N+](=O)[O-])o4)c(=O)n32)cc1. The molecule has 5 aromatic rings. The van der Waals surface area contributed by atoms with Gasteiger partial charge in [-0.3, -0.25) is 24.3 Å². The number of furan rings is 1. The smallest absolute Gasteiger partial charge is 0.284 e. The molecule has 46 heavy (non-hydrogen) atoms. The summed E-state index contributed by atoms with van der Waals surface area (Å²) in [5.41, 5.74) is 1.86. The van der Waals surface area contributed by atoms with Gasteiger partial charge in [-0.05, 0) is 67.9 Å². The Hall–Kier alpha value is -5.75. The van der Waals surface area contributed by atoms with Gasteiger partial charge in [0.05, 0.1) is 52.1 Å². The van der Waals surface area contributed by atoms with Crippen molar-refractivity contribution in [3.8, 4) is 22.8 Å². The van der Waals surface area contributed by atoms with Crippen molar-refractivity contribution in [2.24, 2.45) is 4.99 Å². The number of thiazole rings is 1. The van der Waals surface area contributed by atoms with E-state index in [1.54, 1.807) is 61.5 Å². The Morgan fingerprint density at radius 2 is 1.83 bits per heavy atom. The fourth-order valence-corrected chi connectivity index (χ4v) is 6.29. The third-order valence-electron chi connectivity index (χ3n) is 7.37. The highest BCUT2D eigenvalue weighted by Gasteiger charge is 2.32. The second-order valence-corrected chi connectivity index (χ2v) is 11.3. The summed E-state index contributed by atoms with van der Waals surface area (Å²) in [6.45, 7) is 4.14. The minimum Gasteiger partial charge on any atom is -0.497 e. The van der Waals surface area contributed by atoms with E-state index < -0.39 is 11.0 Å². The first-order valence-corrected chi connectivity index (χ1v) is 15.1. The maximum atomic E-state index is 14.1. The lowest BCUT2D eigenvalue weighted by molar-refractivity contribution is -0.384. The summed E-state index contributed by atoms with van der Waals surface area (Å²) in [6, 6.07) is 23.3. The minimum atomic E-state index is -0.771. The van der Waals surface area contributed by atoms with Crippen LogP contribution in [0.3, 0.4) is 0 Å². The van der Waals surface area contributed by atoms with Gasteiger partial charge in [0.2, 0.25) is 0 Å². The van der Waals surface area contributed by atoms with Crippen LogP contribution in [-0.4, -0.2) is 29.1 Å². The quantitative estimate of drug-likeness (QED) is 0.168. The number of ether oxygens (including phenoxy) is 2. The number of fused-ring (bicyclic) bond motifs is 1. The third kappa shape index (κ3) is 5.85. The summed E-state index contributed by atoms with van der Waals surface area (Å²) < 4.78 is 18.5. The molecule has 1 N–H and O–H groups in total. The minimum absolute atomic E-state index is 0.174. The first-order chi connectivity index (χ1) is 22.3. The van der Waals surface area contributed by atoms with Crippen molar-refractivity contribution in [2.75, 3.05) is 19.0 Å². The van der Waals surface area contributed by atoms with E-state index in [1.807, 2.05) is 37.3 Å². The number of allylic oxidation sites excluding steroid dienone is 1. The topological polar surface area (TPSA) is 138 Å². The van der Waals surface area contributed by atoms with Crippen molar-refractivity contribution >= 4 is 34.7 Å². The number of nitrogens with zero attached hydrogens (tertiary/aromatic N) is 3. The lowest BCUT2D eigenvalue weighted by Crippen LogP contribution is -2.40. The summed E-state index contributed by atoms with van der Waals surface area (Å²) >= 11 is 1.16. The Balaban J connectivity index is 1.44. The number of benzene rings is 3. The van der Waals surface area contributed by atoms with Gasteiger partial charge in [0.1, 0.15) is 23.0 Å². The summed E-state index contributed by atoms with van der Waals surface area (Å²) in [6.07, 6.45) is 1.57. The standard InChI is InChI=1S/C34H28N4O7S/c1-4-44-23-12-10-21(11-13-23)31-30(32(39)36-22-8-6-5-7-9-22)20(2)35-34-37(31)33(40)29(46-34)19-25-15-17-28(45-25)26-16-14-24(43-3)18-27(26)38(41)42/h5-19,31H,4H2,1-3H3,(H,36,39)/b29-19-/t31-/m1/s1. The molecule has 2 aromatic heterocycles. The monoisotopic (exact) mass is 636 g/mol. The summed E-state index contributed by atoms with van der Waals surface area (Å²) in [5, 5.41) is 14.7. The molecule has 232 valence electrons. The number of hydrogen-bond acceptors (Lipinski definition) is 9. The number of amides is 1. The average molecular weight is 637 g/mol. The molecule has 0 fully saturated rings. The first kappa shape index (κ1) is 30.3. The second-order valence-electron chi connectivity index (χ2n) is 10.2. The summed E-state index contributed by atoms with van der Waals surface area (Å²) in [4.78, 5) is 44.1. The van der Waals surface area contributed by atoms with Crippen molar-refractivity contribution in [2.45, 2.75) is 19.9 Å². The van der Waals surface area contributed by atoms with E-state index in [4.69, 9.17) is 13.9 Å². The van der Waals surface area contributed by atoms with Gasteiger partial charge in [-0.1, -0.05) is 41.7 Å². The van der Waals surface area contributed by atoms with Gasteiger partial charge >= 0.3 is 0 Å². The molecule has 6 rings (SSSR count). The molecule has 0 radical (unpaired) electrons. The Bertz CT molecular complexity index is 2160. The molecule has 0 saturated carbocycles. The van der Waals surface area contributed by atoms with Gasteiger partial charge in [0, 0.05) is 11.8 Å². The molecule has 0 spiro atoms. The van der Waals surface area contributed by atoms with Crippen LogP contribution in [0.4, 0.5) is 11.4 Å². The number of anilines is 1. The van der Waals surface area contributed by atoms with Crippen LogP contribution in [0.1, 0.15) is 31.2 Å². The number of nitrogens with one attached hydrogen (secondary N) is 1. The molecule has 0 saturated heterocycles. The number of rotatable bonds is 9. The van der Waals surface area contributed by atoms with Crippen LogP contribution in [-0.2, 0) is 4.79 Å². The predicted molar refractivity (Wildman–Crippen MR) is 174 cm³/mol. The Kier molecular flexibility index (Phi) is 8.36. The molecular weight excluding hydrogens is 608 g/mol. The molecule has 1 atom stereocenters. The number of carbonyl (C=O) groups excluding carboxylic acids is 1. The number of aromatic nitrogens is 1. The van der Waals surface area contributed by atoms with Gasteiger partial charge in [-0.15, -0.1) is 0 Å². The van der Waals surface area contributed by atoms with Crippen LogP contribution in [0, 0.1) is 10.1 Å². The van der Waals surface area contributed by atoms with Crippen LogP contribution in [0.15, 0.2) is 110 Å². The van der Waals surface area contributed by atoms with Crippen molar-refractivity contribution in [1.82, 2.24) is 4.57 Å². The molecule has 0 unspecified atom stereocenters. The molecular formula is C34H28N4O7S.